The molecule has 0 aliphatic heterocycles. The first-order chi connectivity index (χ1) is 14.2. The molecule has 1 atom stereocenters. The predicted octanol–water partition coefficient (Wildman–Crippen LogP) is 3.34. The Bertz CT molecular complexity index is 847. The molecule has 2 fully saturated rings. The van der Waals surface area contributed by atoms with E-state index in [1.54, 1.807) is 17.4 Å². The summed E-state index contributed by atoms with van der Waals surface area (Å²) in [5, 5.41) is 8.80. The summed E-state index contributed by atoms with van der Waals surface area (Å²) in [6.07, 6.45) is 7.19. The minimum atomic E-state index is -0.755. The van der Waals surface area contributed by atoms with E-state index in [0.29, 0.717) is 11.3 Å². The normalized spacial score (nSPS) is 18.1. The molecule has 0 spiro atoms. The second-order valence-corrected chi connectivity index (χ2v) is 8.33. The first kappa shape index (κ1) is 19.8. The van der Waals surface area contributed by atoms with Crippen molar-refractivity contribution in [1.82, 2.24) is 19.8 Å². The summed E-state index contributed by atoms with van der Waals surface area (Å²) in [6, 6.07) is 6.86. The monoisotopic (exact) mass is 414 g/mol. The smallest absolute Gasteiger partial charge is 0.276 e. The Balaban J connectivity index is 1.70. The zero-order valence-corrected chi connectivity index (χ0v) is 17.4. The van der Waals surface area contributed by atoms with Gasteiger partial charge in [-0.2, -0.15) is 0 Å². The quantitative estimate of drug-likeness (QED) is 0.751. The molecule has 0 unspecified atom stereocenters. The maximum absolute atomic E-state index is 13.5. The molecule has 4 rings (SSSR count). The van der Waals surface area contributed by atoms with Crippen LogP contribution in [0.5, 0.6) is 5.75 Å². The summed E-state index contributed by atoms with van der Waals surface area (Å²) >= 11 is 1.14. The number of carbonyl (C=O) groups excluding carboxylic acids is 2. The molecule has 0 radical (unpaired) electrons. The van der Waals surface area contributed by atoms with Crippen LogP contribution in [0.4, 0.5) is 0 Å². The van der Waals surface area contributed by atoms with Gasteiger partial charge in [0.15, 0.2) is 5.69 Å². The molecule has 154 valence electrons. The number of hydrogen-bond donors (Lipinski definition) is 1. The van der Waals surface area contributed by atoms with Crippen molar-refractivity contribution in [2.24, 2.45) is 0 Å². The van der Waals surface area contributed by atoms with Crippen LogP contribution < -0.4 is 10.1 Å². The lowest BCUT2D eigenvalue weighted by molar-refractivity contribution is -0.127. The Hall–Kier alpha value is -2.48. The Kier molecular flexibility index (Phi) is 6.08. The summed E-state index contributed by atoms with van der Waals surface area (Å²) in [4.78, 5) is 28.5. The topological polar surface area (TPSA) is 84.4 Å². The van der Waals surface area contributed by atoms with E-state index < -0.39 is 6.04 Å². The summed E-state index contributed by atoms with van der Waals surface area (Å²) in [5.41, 5.74) is 0.985. The summed E-state index contributed by atoms with van der Waals surface area (Å²) in [5.74, 6) is 0.201. The fourth-order valence-electron chi connectivity index (χ4n) is 4.07. The maximum atomic E-state index is 13.5. The number of amides is 2. The van der Waals surface area contributed by atoms with Gasteiger partial charge in [0.05, 0.1) is 7.11 Å². The van der Waals surface area contributed by atoms with Crippen LogP contribution in [0.15, 0.2) is 29.6 Å². The molecule has 1 heterocycles. The zero-order chi connectivity index (χ0) is 20.2. The SMILES string of the molecule is COc1ccccc1[C@@H](C(=O)NC1CCCCC1)N(C(=O)c1csnn1)C1CC1. The van der Waals surface area contributed by atoms with Crippen molar-refractivity contribution < 1.29 is 14.3 Å². The highest BCUT2D eigenvalue weighted by Gasteiger charge is 2.43. The molecular weight excluding hydrogens is 388 g/mol. The standard InChI is InChI=1S/C21H26N4O3S/c1-28-18-10-6-5-9-16(18)19(20(26)22-14-7-3-2-4-8-14)25(15-11-12-15)21(27)17-13-29-24-23-17/h5-6,9-10,13-15,19H,2-4,7-8,11-12H2,1H3,(H,22,26)/t19-/m0/s1. The second-order valence-electron chi connectivity index (χ2n) is 7.72. The number of ether oxygens (including phenoxy) is 1. The molecule has 1 N–H and O–H groups in total. The van der Waals surface area contributed by atoms with Gasteiger partial charge in [-0.25, -0.2) is 0 Å². The Morgan fingerprint density at radius 2 is 1.93 bits per heavy atom. The Morgan fingerprint density at radius 1 is 1.17 bits per heavy atom. The van der Waals surface area contributed by atoms with Crippen molar-refractivity contribution in [2.75, 3.05) is 7.11 Å². The number of methoxy groups -OCH3 is 1. The molecular formula is C21H26N4O3S. The number of hydrogen-bond acceptors (Lipinski definition) is 6. The third kappa shape index (κ3) is 4.42. The molecule has 2 aliphatic rings. The lowest BCUT2D eigenvalue weighted by Crippen LogP contribution is -2.48. The van der Waals surface area contributed by atoms with E-state index in [1.165, 1.54) is 6.42 Å². The largest absolute Gasteiger partial charge is 0.496 e. The zero-order valence-electron chi connectivity index (χ0n) is 16.5. The number of para-hydroxylation sites is 1. The number of carbonyl (C=O) groups is 2. The number of benzene rings is 1. The lowest BCUT2D eigenvalue weighted by atomic mass is 9.94. The van der Waals surface area contributed by atoms with Gasteiger partial charge in [0.25, 0.3) is 5.91 Å². The highest BCUT2D eigenvalue weighted by Crippen LogP contribution is 2.39. The summed E-state index contributed by atoms with van der Waals surface area (Å²) in [7, 11) is 1.59. The Morgan fingerprint density at radius 3 is 2.59 bits per heavy atom. The van der Waals surface area contributed by atoms with Crippen molar-refractivity contribution in [1.29, 1.82) is 0 Å². The summed E-state index contributed by atoms with van der Waals surface area (Å²) < 4.78 is 9.37. The minimum absolute atomic E-state index is 0.0243. The van der Waals surface area contributed by atoms with Gasteiger partial charge in [-0.3, -0.25) is 9.59 Å². The number of rotatable bonds is 7. The molecule has 2 amide bonds. The fourth-order valence-corrected chi connectivity index (χ4v) is 4.50. The van der Waals surface area contributed by atoms with Crippen LogP contribution >= 0.6 is 11.5 Å². The van der Waals surface area contributed by atoms with Gasteiger partial charge in [0.2, 0.25) is 5.91 Å². The first-order valence-electron chi connectivity index (χ1n) is 10.2. The predicted molar refractivity (Wildman–Crippen MR) is 110 cm³/mol. The van der Waals surface area contributed by atoms with Gasteiger partial charge < -0.3 is 15.0 Å². The molecule has 0 saturated heterocycles. The van der Waals surface area contributed by atoms with Crippen molar-refractivity contribution in [2.45, 2.75) is 63.1 Å². The first-order valence-corrected chi connectivity index (χ1v) is 11.1. The second kappa shape index (κ2) is 8.90. The maximum Gasteiger partial charge on any atom is 0.276 e. The van der Waals surface area contributed by atoms with Crippen LogP contribution in [0.1, 0.15) is 67.0 Å². The minimum Gasteiger partial charge on any atom is -0.496 e. The third-order valence-electron chi connectivity index (χ3n) is 5.67. The number of nitrogens with zero attached hydrogens (tertiary/aromatic N) is 3. The average molecular weight is 415 g/mol. The molecule has 8 heteroatoms. The lowest BCUT2D eigenvalue weighted by Gasteiger charge is -2.33. The number of aromatic nitrogens is 2. The summed E-state index contributed by atoms with van der Waals surface area (Å²) in [6.45, 7) is 0. The van der Waals surface area contributed by atoms with Crippen LogP contribution in [0.25, 0.3) is 0 Å². The van der Waals surface area contributed by atoms with E-state index in [1.807, 2.05) is 24.3 Å². The van der Waals surface area contributed by atoms with Gasteiger partial charge in [0.1, 0.15) is 11.8 Å². The molecule has 2 aromatic rings. The van der Waals surface area contributed by atoms with Crippen LogP contribution in [-0.4, -0.2) is 45.5 Å². The Labute approximate surface area is 174 Å². The fraction of sp³-hybridized carbons (Fsp3) is 0.524. The van der Waals surface area contributed by atoms with E-state index in [-0.39, 0.29) is 29.6 Å². The third-order valence-corrected chi connectivity index (χ3v) is 6.17. The van der Waals surface area contributed by atoms with E-state index in [0.717, 1.165) is 50.1 Å². The molecule has 1 aromatic carbocycles. The van der Waals surface area contributed by atoms with E-state index in [2.05, 4.69) is 14.9 Å². The van der Waals surface area contributed by atoms with Gasteiger partial charge >= 0.3 is 0 Å². The van der Waals surface area contributed by atoms with Crippen molar-refractivity contribution in [3.8, 4) is 5.75 Å². The molecule has 1 aromatic heterocycles. The van der Waals surface area contributed by atoms with Crippen LogP contribution in [0, 0.1) is 0 Å². The molecule has 0 bridgehead atoms. The van der Waals surface area contributed by atoms with Gasteiger partial charge in [-0.1, -0.05) is 41.9 Å². The van der Waals surface area contributed by atoms with Crippen molar-refractivity contribution >= 4 is 23.3 Å². The average Bonchev–Trinajstić information content (AvgIpc) is 3.43. The van der Waals surface area contributed by atoms with Crippen LogP contribution in [0.3, 0.4) is 0 Å². The van der Waals surface area contributed by atoms with Crippen molar-refractivity contribution in [3.05, 3.63) is 40.9 Å². The molecule has 29 heavy (non-hydrogen) atoms. The highest BCUT2D eigenvalue weighted by molar-refractivity contribution is 7.03. The van der Waals surface area contributed by atoms with Gasteiger partial charge in [-0.05, 0) is 43.3 Å². The van der Waals surface area contributed by atoms with E-state index in [4.69, 9.17) is 4.74 Å². The molecule has 7 nitrogen and oxygen atoms in total. The molecule has 2 aliphatic carbocycles. The number of nitrogens with one attached hydrogen (secondary N) is 1. The molecule has 2 saturated carbocycles. The van der Waals surface area contributed by atoms with Gasteiger partial charge in [0, 0.05) is 23.0 Å². The van der Waals surface area contributed by atoms with Crippen molar-refractivity contribution in [3.63, 3.8) is 0 Å². The van der Waals surface area contributed by atoms with E-state index >= 15 is 0 Å². The van der Waals surface area contributed by atoms with Crippen LogP contribution in [-0.2, 0) is 4.79 Å². The van der Waals surface area contributed by atoms with Crippen LogP contribution in [0.2, 0.25) is 0 Å². The van der Waals surface area contributed by atoms with E-state index in [9.17, 15) is 9.59 Å². The highest BCUT2D eigenvalue weighted by atomic mass is 32.1. The van der Waals surface area contributed by atoms with Gasteiger partial charge in [-0.15, -0.1) is 5.10 Å².